The van der Waals surface area contributed by atoms with E-state index in [4.69, 9.17) is 0 Å². The Bertz CT molecular complexity index is 803. The van der Waals surface area contributed by atoms with E-state index in [-0.39, 0.29) is 11.7 Å². The van der Waals surface area contributed by atoms with Crippen molar-refractivity contribution < 1.29 is 9.90 Å². The zero-order valence-electron chi connectivity index (χ0n) is 12.8. The Hall–Kier alpha value is -3.47. The number of amides is 1. The highest BCUT2D eigenvalue weighted by Crippen LogP contribution is 2.11. The monoisotopic (exact) mass is 317 g/mol. The number of aromatic hydroxyl groups is 1. The van der Waals surface area contributed by atoms with E-state index in [9.17, 15) is 9.90 Å². The summed E-state index contributed by atoms with van der Waals surface area (Å²) >= 11 is 0. The van der Waals surface area contributed by atoms with Crippen LogP contribution in [0.15, 0.2) is 84.2 Å². The molecule has 24 heavy (non-hydrogen) atoms. The molecule has 2 N–H and O–H groups in total. The van der Waals surface area contributed by atoms with Crippen molar-refractivity contribution >= 4 is 11.6 Å². The Morgan fingerprint density at radius 3 is 2.12 bits per heavy atom. The third kappa shape index (κ3) is 3.64. The van der Waals surface area contributed by atoms with Gasteiger partial charge in [0.15, 0.2) is 0 Å². The molecule has 1 aromatic heterocycles. The standard InChI is InChI=1S/C19H15N3O2/c23-17-8-6-16(7-9-17)19(24)22-21-18(14-4-2-1-3-5-14)15-10-12-20-13-11-15/h1-13,23H,(H,22,24)/b21-18+. The number of nitrogens with one attached hydrogen (secondary N) is 1. The molecule has 1 heterocycles. The van der Waals surface area contributed by atoms with Gasteiger partial charge in [-0.3, -0.25) is 9.78 Å². The number of rotatable bonds is 4. The predicted octanol–water partition coefficient (Wildman–Crippen LogP) is 2.97. The summed E-state index contributed by atoms with van der Waals surface area (Å²) in [5.74, 6) is -0.241. The summed E-state index contributed by atoms with van der Waals surface area (Å²) in [7, 11) is 0. The topological polar surface area (TPSA) is 74.6 Å². The first-order chi connectivity index (χ1) is 11.7. The lowest BCUT2D eigenvalue weighted by Gasteiger charge is -2.08. The first kappa shape index (κ1) is 15.4. The summed E-state index contributed by atoms with van der Waals surface area (Å²) in [6, 6.07) is 19.2. The van der Waals surface area contributed by atoms with Crippen molar-refractivity contribution in [1.29, 1.82) is 0 Å². The van der Waals surface area contributed by atoms with Crippen LogP contribution in [0.1, 0.15) is 21.5 Å². The predicted molar refractivity (Wildman–Crippen MR) is 91.9 cm³/mol. The molecule has 0 aliphatic heterocycles. The summed E-state index contributed by atoms with van der Waals surface area (Å²) < 4.78 is 0. The van der Waals surface area contributed by atoms with Crippen LogP contribution >= 0.6 is 0 Å². The van der Waals surface area contributed by atoms with E-state index in [2.05, 4.69) is 15.5 Å². The van der Waals surface area contributed by atoms with Crippen molar-refractivity contribution in [3.05, 3.63) is 95.8 Å². The van der Waals surface area contributed by atoms with Crippen molar-refractivity contribution in [3.63, 3.8) is 0 Å². The molecule has 5 nitrogen and oxygen atoms in total. The number of aromatic nitrogens is 1. The number of nitrogens with zero attached hydrogens (tertiary/aromatic N) is 2. The quantitative estimate of drug-likeness (QED) is 0.574. The van der Waals surface area contributed by atoms with Crippen molar-refractivity contribution in [2.75, 3.05) is 0 Å². The molecule has 3 aromatic rings. The van der Waals surface area contributed by atoms with Crippen LogP contribution in [0.3, 0.4) is 0 Å². The minimum absolute atomic E-state index is 0.108. The minimum Gasteiger partial charge on any atom is -0.508 e. The number of pyridine rings is 1. The van der Waals surface area contributed by atoms with Gasteiger partial charge in [-0.05, 0) is 36.4 Å². The molecule has 0 atom stereocenters. The zero-order chi connectivity index (χ0) is 16.8. The molecule has 3 rings (SSSR count). The fourth-order valence-electron chi connectivity index (χ4n) is 2.19. The Balaban J connectivity index is 1.90. The fourth-order valence-corrected chi connectivity index (χ4v) is 2.19. The Kier molecular flexibility index (Phi) is 4.62. The van der Waals surface area contributed by atoms with Crippen LogP contribution in [0.2, 0.25) is 0 Å². The first-order valence-corrected chi connectivity index (χ1v) is 7.37. The Labute approximate surface area is 139 Å². The maximum absolute atomic E-state index is 12.2. The number of hydrogen-bond donors (Lipinski definition) is 2. The third-order valence-electron chi connectivity index (χ3n) is 3.40. The van der Waals surface area contributed by atoms with Gasteiger partial charge in [-0.15, -0.1) is 0 Å². The van der Waals surface area contributed by atoms with Gasteiger partial charge in [-0.1, -0.05) is 30.3 Å². The van der Waals surface area contributed by atoms with Gasteiger partial charge in [0.05, 0.1) is 5.71 Å². The van der Waals surface area contributed by atoms with Crippen LogP contribution in [-0.4, -0.2) is 21.7 Å². The first-order valence-electron chi connectivity index (χ1n) is 7.37. The van der Waals surface area contributed by atoms with Crippen LogP contribution < -0.4 is 5.43 Å². The summed E-state index contributed by atoms with van der Waals surface area (Å²) in [4.78, 5) is 16.2. The molecule has 0 aliphatic carbocycles. The van der Waals surface area contributed by atoms with Gasteiger partial charge in [-0.2, -0.15) is 5.10 Å². The van der Waals surface area contributed by atoms with E-state index in [1.54, 1.807) is 12.4 Å². The molecular weight excluding hydrogens is 302 g/mol. The molecule has 0 aliphatic rings. The van der Waals surface area contributed by atoms with E-state index >= 15 is 0 Å². The number of carbonyl (C=O) groups is 1. The van der Waals surface area contributed by atoms with Gasteiger partial charge in [0, 0.05) is 29.1 Å². The van der Waals surface area contributed by atoms with Crippen LogP contribution in [0.25, 0.3) is 0 Å². The maximum atomic E-state index is 12.2. The van der Waals surface area contributed by atoms with Crippen LogP contribution in [0.5, 0.6) is 5.75 Å². The van der Waals surface area contributed by atoms with Crippen molar-refractivity contribution in [2.45, 2.75) is 0 Å². The number of hydrogen-bond acceptors (Lipinski definition) is 4. The molecule has 2 aromatic carbocycles. The zero-order valence-corrected chi connectivity index (χ0v) is 12.8. The van der Waals surface area contributed by atoms with E-state index in [0.717, 1.165) is 11.1 Å². The van der Waals surface area contributed by atoms with Gasteiger partial charge < -0.3 is 5.11 Å². The van der Waals surface area contributed by atoms with Gasteiger partial charge in [-0.25, -0.2) is 5.43 Å². The highest BCUT2D eigenvalue weighted by Gasteiger charge is 2.09. The largest absolute Gasteiger partial charge is 0.508 e. The molecule has 0 bridgehead atoms. The van der Waals surface area contributed by atoms with E-state index in [0.29, 0.717) is 11.3 Å². The SMILES string of the molecule is O=C(N/N=C(\c1ccccc1)c1ccncc1)c1ccc(O)cc1. The molecule has 118 valence electrons. The Morgan fingerprint density at radius 2 is 1.46 bits per heavy atom. The molecule has 5 heteroatoms. The summed E-state index contributed by atoms with van der Waals surface area (Å²) in [5, 5.41) is 13.6. The minimum atomic E-state index is -0.350. The van der Waals surface area contributed by atoms with E-state index in [1.165, 1.54) is 24.3 Å². The third-order valence-corrected chi connectivity index (χ3v) is 3.40. The number of hydrazone groups is 1. The lowest BCUT2D eigenvalue weighted by atomic mass is 10.0. The normalized spacial score (nSPS) is 11.1. The molecule has 0 unspecified atom stereocenters. The average molecular weight is 317 g/mol. The molecule has 1 amide bonds. The highest BCUT2D eigenvalue weighted by atomic mass is 16.3. The molecule has 0 saturated carbocycles. The average Bonchev–Trinajstić information content (AvgIpc) is 2.64. The lowest BCUT2D eigenvalue weighted by molar-refractivity contribution is 0.0955. The highest BCUT2D eigenvalue weighted by molar-refractivity contribution is 6.13. The number of phenols is 1. The molecule has 0 fully saturated rings. The smallest absolute Gasteiger partial charge is 0.271 e. The van der Waals surface area contributed by atoms with Crippen LogP contribution in [0.4, 0.5) is 0 Å². The molecule has 0 radical (unpaired) electrons. The van der Waals surface area contributed by atoms with Crippen molar-refractivity contribution in [3.8, 4) is 5.75 Å². The van der Waals surface area contributed by atoms with Gasteiger partial charge >= 0.3 is 0 Å². The maximum Gasteiger partial charge on any atom is 0.271 e. The van der Waals surface area contributed by atoms with Crippen molar-refractivity contribution in [1.82, 2.24) is 10.4 Å². The second-order valence-corrected chi connectivity index (χ2v) is 5.05. The van der Waals surface area contributed by atoms with Crippen LogP contribution in [0, 0.1) is 0 Å². The summed E-state index contributed by atoms with van der Waals surface area (Å²) in [6.45, 7) is 0. The molecule has 0 saturated heterocycles. The summed E-state index contributed by atoms with van der Waals surface area (Å²) in [6.07, 6.45) is 3.35. The Morgan fingerprint density at radius 1 is 0.833 bits per heavy atom. The van der Waals surface area contributed by atoms with Crippen LogP contribution in [-0.2, 0) is 0 Å². The van der Waals surface area contributed by atoms with Crippen molar-refractivity contribution in [2.24, 2.45) is 5.10 Å². The molecule has 0 spiro atoms. The lowest BCUT2D eigenvalue weighted by Crippen LogP contribution is -2.20. The second-order valence-electron chi connectivity index (χ2n) is 5.05. The van der Waals surface area contributed by atoms with Gasteiger partial charge in [0.25, 0.3) is 5.91 Å². The van der Waals surface area contributed by atoms with Gasteiger partial charge in [0.1, 0.15) is 5.75 Å². The number of carbonyl (C=O) groups excluding carboxylic acids is 1. The van der Waals surface area contributed by atoms with E-state index in [1.807, 2.05) is 42.5 Å². The number of benzene rings is 2. The van der Waals surface area contributed by atoms with Gasteiger partial charge in [0.2, 0.25) is 0 Å². The molecular formula is C19H15N3O2. The summed E-state index contributed by atoms with van der Waals surface area (Å²) in [5.41, 5.74) is 5.35. The number of phenolic OH excluding ortho intramolecular Hbond substituents is 1. The fraction of sp³-hybridized carbons (Fsp3) is 0. The van der Waals surface area contributed by atoms with E-state index < -0.39 is 0 Å². The second kappa shape index (κ2) is 7.19.